The fourth-order valence-corrected chi connectivity index (χ4v) is 3.50. The minimum atomic E-state index is -4.33. The number of nitrogens with zero attached hydrogens (tertiary/aromatic N) is 1. The number of aliphatic hydroxyl groups is 1. The number of fused-ring (bicyclic) bond motifs is 1. The molecule has 3 unspecified atom stereocenters. The van der Waals surface area contributed by atoms with Gasteiger partial charge in [0.25, 0.3) is 0 Å². The number of aliphatic imine (C=N–C) groups is 1. The van der Waals surface area contributed by atoms with Gasteiger partial charge >= 0.3 is 6.18 Å². The predicted octanol–water partition coefficient (Wildman–Crippen LogP) is 8.53. The van der Waals surface area contributed by atoms with Crippen LogP contribution < -0.4 is 0 Å². The first-order chi connectivity index (χ1) is 18.4. The van der Waals surface area contributed by atoms with Crippen molar-refractivity contribution in [2.45, 2.75) is 111 Å². The van der Waals surface area contributed by atoms with Gasteiger partial charge in [-0.25, -0.2) is 0 Å². The second-order valence-corrected chi connectivity index (χ2v) is 9.02. The van der Waals surface area contributed by atoms with E-state index in [0.29, 0.717) is 26.1 Å². The van der Waals surface area contributed by atoms with E-state index in [4.69, 9.17) is 24.1 Å². The number of alkyl halides is 3. The molecule has 2 saturated heterocycles. The van der Waals surface area contributed by atoms with E-state index in [1.54, 1.807) is 12.4 Å². The summed E-state index contributed by atoms with van der Waals surface area (Å²) >= 11 is 0. The third-order valence-electron chi connectivity index (χ3n) is 5.24. The zero-order chi connectivity index (χ0) is 29.9. The molecule has 0 amide bonds. The third kappa shape index (κ3) is 15.7. The maximum absolute atomic E-state index is 12.4. The highest BCUT2D eigenvalue weighted by Gasteiger charge is 2.47. The molecule has 2 rings (SSSR count). The fourth-order valence-electron chi connectivity index (χ4n) is 3.50. The van der Waals surface area contributed by atoms with Crippen LogP contribution in [0.3, 0.4) is 0 Å². The van der Waals surface area contributed by atoms with Crippen LogP contribution in [-0.4, -0.2) is 54.8 Å². The molecule has 0 saturated carbocycles. The molecule has 3 atom stereocenters. The van der Waals surface area contributed by atoms with E-state index >= 15 is 0 Å². The lowest BCUT2D eigenvalue weighted by atomic mass is 10.0. The highest BCUT2D eigenvalue weighted by molar-refractivity contribution is 5.76. The Labute approximate surface area is 233 Å². The second-order valence-electron chi connectivity index (χ2n) is 9.02. The lowest BCUT2D eigenvalue weighted by Crippen LogP contribution is -2.45. The van der Waals surface area contributed by atoms with Gasteiger partial charge in [0.05, 0.1) is 23.7 Å². The maximum Gasteiger partial charge on any atom is 0.416 e. The van der Waals surface area contributed by atoms with E-state index < -0.39 is 17.5 Å². The standard InChI is InChI=1S/C17H27NO4.C11H15F3O.C2H6/c1-5-7-9-18-11-13(6-2)20-12-15-16-14(8-10-19-15)21-17(3,4)22-16;1-3-4-7-10(11(12,13)14)8-5-6-9(2)15;1-2/h6-7,9,11,14-16H,5,8,10,12H2,1-4H3;5-8,15H,3-4H2,1-2H3;1-2H3/b9-7+,13-6+,18-11+;8-5-,9-6+,10-7-;. The fraction of sp³-hybridized carbons (Fsp3) is 0.633. The van der Waals surface area contributed by atoms with Gasteiger partial charge < -0.3 is 24.1 Å². The van der Waals surface area contributed by atoms with Crippen LogP contribution >= 0.6 is 0 Å². The van der Waals surface area contributed by atoms with Crippen molar-refractivity contribution in [2.24, 2.45) is 4.99 Å². The van der Waals surface area contributed by atoms with Crippen LogP contribution in [-0.2, 0) is 18.9 Å². The molecule has 0 aromatic carbocycles. The molecule has 0 aromatic heterocycles. The summed E-state index contributed by atoms with van der Waals surface area (Å²) in [6, 6.07) is 0. The van der Waals surface area contributed by atoms with Gasteiger partial charge in [-0.2, -0.15) is 13.2 Å². The second kappa shape index (κ2) is 19.7. The van der Waals surface area contributed by atoms with Crippen LogP contribution in [0.15, 0.2) is 64.7 Å². The van der Waals surface area contributed by atoms with E-state index in [2.05, 4.69) is 11.9 Å². The highest BCUT2D eigenvalue weighted by atomic mass is 19.4. The van der Waals surface area contributed by atoms with E-state index in [1.165, 1.54) is 19.1 Å². The molecule has 2 aliphatic rings. The van der Waals surface area contributed by atoms with Gasteiger partial charge in [0.1, 0.15) is 24.6 Å². The first kappa shape index (κ1) is 36.6. The van der Waals surface area contributed by atoms with Crippen molar-refractivity contribution in [1.82, 2.24) is 0 Å². The predicted molar refractivity (Wildman–Crippen MR) is 152 cm³/mol. The molecule has 2 fully saturated rings. The zero-order valence-electron chi connectivity index (χ0n) is 24.8. The summed E-state index contributed by atoms with van der Waals surface area (Å²) in [5, 5.41) is 8.75. The number of rotatable bonds is 10. The van der Waals surface area contributed by atoms with Crippen LogP contribution in [0.25, 0.3) is 0 Å². The Balaban J connectivity index is 0.000000746. The normalized spacial score (nSPS) is 23.9. The summed E-state index contributed by atoms with van der Waals surface area (Å²) in [5.41, 5.74) is -0.679. The van der Waals surface area contributed by atoms with Crippen molar-refractivity contribution in [3.63, 3.8) is 0 Å². The summed E-state index contributed by atoms with van der Waals surface area (Å²) in [6.45, 7) is 16.2. The van der Waals surface area contributed by atoms with Crippen molar-refractivity contribution in [3.8, 4) is 0 Å². The molecule has 2 heterocycles. The number of halogens is 3. The minimum absolute atomic E-state index is 0.0248. The van der Waals surface area contributed by atoms with Crippen molar-refractivity contribution >= 4 is 6.21 Å². The lowest BCUT2D eigenvalue weighted by Gasteiger charge is -2.31. The summed E-state index contributed by atoms with van der Waals surface area (Å²) in [4.78, 5) is 4.19. The van der Waals surface area contributed by atoms with Gasteiger partial charge in [-0.05, 0) is 59.1 Å². The van der Waals surface area contributed by atoms with E-state index in [9.17, 15) is 13.2 Å². The number of aliphatic hydroxyl groups excluding tert-OH is 1. The van der Waals surface area contributed by atoms with Crippen molar-refractivity contribution in [2.75, 3.05) is 13.2 Å². The van der Waals surface area contributed by atoms with E-state index in [-0.39, 0.29) is 24.1 Å². The molecule has 0 aliphatic carbocycles. The summed E-state index contributed by atoms with van der Waals surface area (Å²) < 4.78 is 60.6. The van der Waals surface area contributed by atoms with Crippen LogP contribution in [0.4, 0.5) is 13.2 Å². The van der Waals surface area contributed by atoms with Crippen molar-refractivity contribution < 1.29 is 37.2 Å². The van der Waals surface area contributed by atoms with Crippen LogP contribution in [0.1, 0.15) is 81.1 Å². The van der Waals surface area contributed by atoms with Crippen molar-refractivity contribution in [3.05, 3.63) is 59.7 Å². The monoisotopic (exact) mass is 559 g/mol. The molecule has 0 bridgehead atoms. The first-order valence-corrected chi connectivity index (χ1v) is 13.7. The van der Waals surface area contributed by atoms with Gasteiger partial charge in [0, 0.05) is 12.8 Å². The number of hydrogen-bond acceptors (Lipinski definition) is 6. The van der Waals surface area contributed by atoms with Gasteiger partial charge in [0.15, 0.2) is 5.79 Å². The third-order valence-corrected chi connectivity index (χ3v) is 5.24. The molecule has 1 N–H and O–H groups in total. The number of hydrogen-bond donors (Lipinski definition) is 1. The highest BCUT2D eigenvalue weighted by Crippen LogP contribution is 2.35. The quantitative estimate of drug-likeness (QED) is 0.165. The summed E-state index contributed by atoms with van der Waals surface area (Å²) in [7, 11) is 0. The first-order valence-electron chi connectivity index (χ1n) is 13.7. The van der Waals surface area contributed by atoms with Crippen LogP contribution in [0, 0.1) is 0 Å². The minimum Gasteiger partial charge on any atom is -0.513 e. The number of ether oxygens (including phenoxy) is 4. The largest absolute Gasteiger partial charge is 0.513 e. The topological polar surface area (TPSA) is 69.5 Å². The van der Waals surface area contributed by atoms with E-state index in [0.717, 1.165) is 30.8 Å². The molecule has 0 radical (unpaired) electrons. The van der Waals surface area contributed by atoms with Crippen LogP contribution in [0.2, 0.25) is 0 Å². The molecular formula is C30H48F3NO5. The molecule has 9 heteroatoms. The Bertz CT molecular complexity index is 853. The Kier molecular flexibility index (Phi) is 18.5. The number of allylic oxidation sites excluding steroid dienone is 9. The number of unbranched alkanes of at least 4 members (excludes halogenated alkanes) is 1. The molecular weight excluding hydrogens is 511 g/mol. The Morgan fingerprint density at radius 2 is 1.87 bits per heavy atom. The molecule has 0 spiro atoms. The Hall–Kier alpha value is -2.36. The summed E-state index contributed by atoms with van der Waals surface area (Å²) in [6.07, 6.45) is 10.3. The van der Waals surface area contributed by atoms with E-state index in [1.807, 2.05) is 53.7 Å². The SMILES string of the molecule is CC.CCC/C=C(/C=C\C=C(/C)O)C(F)(F)F.C\C=C(/C=N/C=C/CC)OCC1OCCC2OC(C)(C)OC12. The Morgan fingerprint density at radius 1 is 1.18 bits per heavy atom. The smallest absolute Gasteiger partial charge is 0.416 e. The summed E-state index contributed by atoms with van der Waals surface area (Å²) in [5.74, 6) is 0.157. The molecule has 0 aromatic rings. The molecule has 2 aliphatic heterocycles. The van der Waals surface area contributed by atoms with Gasteiger partial charge in [0.2, 0.25) is 0 Å². The lowest BCUT2D eigenvalue weighted by molar-refractivity contribution is -0.157. The Morgan fingerprint density at radius 3 is 2.44 bits per heavy atom. The van der Waals surface area contributed by atoms with Gasteiger partial charge in [-0.3, -0.25) is 4.99 Å². The molecule has 6 nitrogen and oxygen atoms in total. The average Bonchev–Trinajstić information content (AvgIpc) is 3.21. The van der Waals surface area contributed by atoms with Crippen molar-refractivity contribution in [1.29, 1.82) is 0 Å². The molecule has 39 heavy (non-hydrogen) atoms. The van der Waals surface area contributed by atoms with Gasteiger partial charge in [-0.15, -0.1) is 0 Å². The maximum atomic E-state index is 12.4. The molecule has 224 valence electrons. The average molecular weight is 560 g/mol. The van der Waals surface area contributed by atoms with Gasteiger partial charge in [-0.1, -0.05) is 58.4 Å². The zero-order valence-corrected chi connectivity index (χ0v) is 24.8. The van der Waals surface area contributed by atoms with Crippen LogP contribution in [0.5, 0.6) is 0 Å².